The summed E-state index contributed by atoms with van der Waals surface area (Å²) in [5.74, 6) is 0.406. The summed E-state index contributed by atoms with van der Waals surface area (Å²) in [5, 5.41) is 0. The fourth-order valence-corrected chi connectivity index (χ4v) is 3.66. The van der Waals surface area contributed by atoms with Crippen molar-refractivity contribution in [1.29, 1.82) is 0 Å². The second-order valence-corrected chi connectivity index (χ2v) is 7.04. The molecule has 0 saturated carbocycles. The van der Waals surface area contributed by atoms with E-state index in [0.717, 1.165) is 36.2 Å². The quantitative estimate of drug-likeness (QED) is 0.709. The fourth-order valence-electron chi connectivity index (χ4n) is 3.66. The van der Waals surface area contributed by atoms with Gasteiger partial charge in [0, 0.05) is 30.8 Å². The van der Waals surface area contributed by atoms with Gasteiger partial charge in [-0.3, -0.25) is 4.79 Å². The van der Waals surface area contributed by atoms with E-state index in [-0.39, 0.29) is 11.8 Å². The van der Waals surface area contributed by atoms with Crippen LogP contribution in [0, 0.1) is 13.8 Å². The molecule has 0 spiro atoms. The molecule has 0 aliphatic carbocycles. The molecular formula is C21H22N4O2. The number of likely N-dealkylation sites (tertiary alicyclic amines) is 1. The molecule has 1 aliphatic heterocycles. The van der Waals surface area contributed by atoms with Crippen molar-refractivity contribution in [3.05, 3.63) is 65.9 Å². The van der Waals surface area contributed by atoms with E-state index in [4.69, 9.17) is 4.42 Å². The summed E-state index contributed by atoms with van der Waals surface area (Å²) in [5.41, 5.74) is 4.98. The molecule has 1 unspecified atom stereocenters. The van der Waals surface area contributed by atoms with Crippen LogP contribution < -0.4 is 0 Å². The van der Waals surface area contributed by atoms with Gasteiger partial charge in [0.1, 0.15) is 6.33 Å². The van der Waals surface area contributed by atoms with E-state index >= 15 is 0 Å². The van der Waals surface area contributed by atoms with Gasteiger partial charge in [0.2, 0.25) is 5.76 Å². The van der Waals surface area contributed by atoms with E-state index in [1.54, 1.807) is 13.3 Å². The SMILES string of the molecule is Cc1ccc(-c2cncnc2C2CCCN(C(=O)c3ocnc3C)C2)cc1. The third-order valence-electron chi connectivity index (χ3n) is 5.14. The van der Waals surface area contributed by atoms with Crippen LogP contribution in [0.25, 0.3) is 11.1 Å². The van der Waals surface area contributed by atoms with Gasteiger partial charge >= 0.3 is 0 Å². The molecule has 6 heteroatoms. The standard InChI is InChI=1S/C21H22N4O2/c1-14-5-7-16(8-6-14)18-10-22-12-23-19(18)17-4-3-9-25(11-17)21(26)20-15(2)24-13-27-20/h5-8,10,12-13,17H,3-4,9,11H2,1-2H3. The van der Waals surface area contributed by atoms with E-state index in [1.165, 1.54) is 12.0 Å². The third-order valence-corrected chi connectivity index (χ3v) is 5.14. The van der Waals surface area contributed by atoms with Gasteiger partial charge in [0.15, 0.2) is 6.39 Å². The van der Waals surface area contributed by atoms with Crippen LogP contribution in [-0.2, 0) is 0 Å². The first-order valence-electron chi connectivity index (χ1n) is 9.20. The lowest BCUT2D eigenvalue weighted by molar-refractivity contribution is 0.0672. The Kier molecular flexibility index (Phi) is 4.71. The molecule has 27 heavy (non-hydrogen) atoms. The van der Waals surface area contributed by atoms with Crippen molar-refractivity contribution in [3.63, 3.8) is 0 Å². The van der Waals surface area contributed by atoms with Crippen LogP contribution in [0.15, 0.2) is 47.6 Å². The first-order chi connectivity index (χ1) is 13.1. The van der Waals surface area contributed by atoms with Gasteiger partial charge < -0.3 is 9.32 Å². The molecule has 1 amide bonds. The maximum atomic E-state index is 12.8. The number of hydrogen-bond acceptors (Lipinski definition) is 5. The van der Waals surface area contributed by atoms with E-state index in [1.807, 2.05) is 11.1 Å². The van der Waals surface area contributed by atoms with Crippen LogP contribution in [0.3, 0.4) is 0 Å². The van der Waals surface area contributed by atoms with Crippen LogP contribution in [0.5, 0.6) is 0 Å². The predicted octanol–water partition coefficient (Wildman–Crippen LogP) is 3.77. The Labute approximate surface area is 158 Å². The van der Waals surface area contributed by atoms with Gasteiger partial charge in [-0.2, -0.15) is 0 Å². The van der Waals surface area contributed by atoms with Crippen molar-refractivity contribution in [2.24, 2.45) is 0 Å². The van der Waals surface area contributed by atoms with Gasteiger partial charge in [-0.05, 0) is 32.3 Å². The number of aryl methyl sites for hydroxylation is 2. The van der Waals surface area contributed by atoms with Gasteiger partial charge in [-0.1, -0.05) is 29.8 Å². The minimum Gasteiger partial charge on any atom is -0.438 e. The summed E-state index contributed by atoms with van der Waals surface area (Å²) < 4.78 is 5.30. The summed E-state index contributed by atoms with van der Waals surface area (Å²) in [6.07, 6.45) is 6.71. The van der Waals surface area contributed by atoms with Gasteiger partial charge in [-0.15, -0.1) is 0 Å². The van der Waals surface area contributed by atoms with E-state index in [0.29, 0.717) is 18.0 Å². The van der Waals surface area contributed by atoms with Crippen molar-refractivity contribution >= 4 is 5.91 Å². The Morgan fingerprint density at radius 2 is 2.00 bits per heavy atom. The number of carbonyl (C=O) groups excluding carboxylic acids is 1. The van der Waals surface area contributed by atoms with Crippen LogP contribution in [0.4, 0.5) is 0 Å². The smallest absolute Gasteiger partial charge is 0.291 e. The molecule has 1 atom stereocenters. The van der Waals surface area contributed by atoms with E-state index < -0.39 is 0 Å². The van der Waals surface area contributed by atoms with Crippen LogP contribution in [-0.4, -0.2) is 38.8 Å². The number of piperidine rings is 1. The summed E-state index contributed by atoms with van der Waals surface area (Å²) in [6.45, 7) is 5.20. The van der Waals surface area contributed by atoms with Crippen molar-refractivity contribution in [2.45, 2.75) is 32.6 Å². The van der Waals surface area contributed by atoms with E-state index in [2.05, 4.69) is 46.1 Å². The zero-order valence-corrected chi connectivity index (χ0v) is 15.6. The molecule has 3 aromatic rings. The van der Waals surface area contributed by atoms with Crippen molar-refractivity contribution in [2.75, 3.05) is 13.1 Å². The minimum atomic E-state index is -0.0966. The lowest BCUT2D eigenvalue weighted by atomic mass is 9.89. The molecule has 1 aromatic carbocycles. The molecule has 1 fully saturated rings. The maximum absolute atomic E-state index is 12.8. The van der Waals surface area contributed by atoms with Crippen molar-refractivity contribution < 1.29 is 9.21 Å². The first-order valence-corrected chi connectivity index (χ1v) is 9.20. The fraction of sp³-hybridized carbons (Fsp3) is 0.333. The molecular weight excluding hydrogens is 340 g/mol. The molecule has 0 N–H and O–H groups in total. The molecule has 1 aliphatic rings. The van der Waals surface area contributed by atoms with E-state index in [9.17, 15) is 4.79 Å². The van der Waals surface area contributed by atoms with Crippen molar-refractivity contribution in [1.82, 2.24) is 19.9 Å². The van der Waals surface area contributed by atoms with Gasteiger partial charge in [-0.25, -0.2) is 15.0 Å². The number of aromatic nitrogens is 3. The molecule has 2 aromatic heterocycles. The number of amides is 1. The maximum Gasteiger partial charge on any atom is 0.291 e. The Balaban J connectivity index is 1.61. The molecule has 3 heterocycles. The zero-order valence-electron chi connectivity index (χ0n) is 15.6. The van der Waals surface area contributed by atoms with Crippen molar-refractivity contribution in [3.8, 4) is 11.1 Å². The first kappa shape index (κ1) is 17.4. The third kappa shape index (κ3) is 3.47. The molecule has 1 saturated heterocycles. The summed E-state index contributed by atoms with van der Waals surface area (Å²) in [7, 11) is 0. The highest BCUT2D eigenvalue weighted by Crippen LogP contribution is 2.33. The van der Waals surface area contributed by atoms with Gasteiger partial charge in [0.25, 0.3) is 5.91 Å². The number of nitrogens with zero attached hydrogens (tertiary/aromatic N) is 4. The highest BCUT2D eigenvalue weighted by Gasteiger charge is 2.30. The average Bonchev–Trinajstić information content (AvgIpc) is 3.14. The Morgan fingerprint density at radius 3 is 2.74 bits per heavy atom. The Hall–Kier alpha value is -3.02. The molecule has 4 rings (SSSR count). The molecule has 0 bridgehead atoms. The number of hydrogen-bond donors (Lipinski definition) is 0. The number of oxazole rings is 1. The summed E-state index contributed by atoms with van der Waals surface area (Å²) >= 11 is 0. The summed E-state index contributed by atoms with van der Waals surface area (Å²) in [6, 6.07) is 8.38. The number of carbonyl (C=O) groups is 1. The van der Waals surface area contributed by atoms with Crippen LogP contribution in [0.1, 0.15) is 46.3 Å². The summed E-state index contributed by atoms with van der Waals surface area (Å²) in [4.78, 5) is 27.5. The number of rotatable bonds is 3. The second-order valence-electron chi connectivity index (χ2n) is 7.04. The normalized spacial score (nSPS) is 17.1. The predicted molar refractivity (Wildman–Crippen MR) is 101 cm³/mol. The highest BCUT2D eigenvalue weighted by atomic mass is 16.3. The topological polar surface area (TPSA) is 72.1 Å². The highest BCUT2D eigenvalue weighted by molar-refractivity contribution is 5.92. The molecule has 138 valence electrons. The lowest BCUT2D eigenvalue weighted by Gasteiger charge is -2.32. The minimum absolute atomic E-state index is 0.0966. The Morgan fingerprint density at radius 1 is 1.19 bits per heavy atom. The zero-order chi connectivity index (χ0) is 18.8. The monoisotopic (exact) mass is 362 g/mol. The van der Waals surface area contributed by atoms with Gasteiger partial charge in [0.05, 0.1) is 11.4 Å². The lowest BCUT2D eigenvalue weighted by Crippen LogP contribution is -2.39. The largest absolute Gasteiger partial charge is 0.438 e. The molecule has 0 radical (unpaired) electrons. The van der Waals surface area contributed by atoms with Crippen LogP contribution in [0.2, 0.25) is 0 Å². The Bertz CT molecular complexity index is 949. The molecule has 6 nitrogen and oxygen atoms in total. The van der Waals surface area contributed by atoms with Crippen LogP contribution >= 0.6 is 0 Å². The average molecular weight is 362 g/mol. The second kappa shape index (κ2) is 7.31. The number of benzene rings is 1.